The molecule has 0 atom stereocenters. The van der Waals surface area contributed by atoms with E-state index < -0.39 is 20.9 Å². The Hall–Kier alpha value is -0.337. The van der Waals surface area contributed by atoms with Gasteiger partial charge in [-0.2, -0.15) is 8.91 Å². The average Bonchev–Trinajstić information content (AvgIpc) is 3.54. The number of hydrogen-bond acceptors (Lipinski definition) is 12. The molecule has 0 saturated heterocycles. The standard InChI is InChI=1S/C45H68N6O8S2.2K/c1-44(2)36-32-34(60-59-58-54)22-24-38(36)50(30-13-9-11-20-42(52)46-26-16-28-48(5)6)40(44)18-15-19-41-45(3,4)37-33-35(61(55,56)57)23-25-39(37)51(41)31-14-10-12-21-43(53)47-27-17-29-49(7)8;;/h15,18-19,22-25,32-33H,9-14,16-17,20-21,26-31H2,1-8H3,(H3-,46,47,52,53,54,55,56,57);;/q;2*+1/p-1. The molecule has 0 unspecified atom stereocenters. The zero-order valence-corrected chi connectivity index (χ0v) is 47.3. The van der Waals surface area contributed by atoms with E-state index in [1.165, 1.54) is 12.1 Å². The van der Waals surface area contributed by atoms with Gasteiger partial charge in [0.15, 0.2) is 5.71 Å². The van der Waals surface area contributed by atoms with Gasteiger partial charge in [0, 0.05) is 78.3 Å². The Morgan fingerprint density at radius 1 is 0.810 bits per heavy atom. The van der Waals surface area contributed by atoms with Crippen LogP contribution in [0.5, 0.6) is 0 Å². The number of carbonyl (C=O) groups excluding carboxylic acids is 2. The summed E-state index contributed by atoms with van der Waals surface area (Å²) < 4.78 is 43.3. The van der Waals surface area contributed by atoms with E-state index >= 15 is 0 Å². The van der Waals surface area contributed by atoms with Gasteiger partial charge in [0.2, 0.25) is 17.5 Å². The normalized spacial score (nSPS) is 15.8. The van der Waals surface area contributed by atoms with Crippen molar-refractivity contribution in [2.75, 3.05) is 72.4 Å². The number of hydrogen-bond donors (Lipinski definition) is 2. The summed E-state index contributed by atoms with van der Waals surface area (Å²) in [7, 11) is 3.40. The number of benzene rings is 2. The molecular formula is C45H67K2N6O8S2+. The van der Waals surface area contributed by atoms with Gasteiger partial charge in [0.25, 0.3) is 0 Å². The molecule has 2 aliphatic heterocycles. The second kappa shape index (κ2) is 28.2. The molecule has 2 aromatic carbocycles. The molecule has 2 aromatic rings. The van der Waals surface area contributed by atoms with Gasteiger partial charge in [0.05, 0.1) is 22.4 Å². The molecule has 0 aromatic heterocycles. The summed E-state index contributed by atoms with van der Waals surface area (Å²) in [5.41, 5.74) is 4.71. The molecule has 2 N–H and O–H groups in total. The number of carbonyl (C=O) groups is 2. The minimum atomic E-state index is -4.66. The third-order valence-electron chi connectivity index (χ3n) is 11.5. The Morgan fingerprint density at radius 3 is 1.98 bits per heavy atom. The van der Waals surface area contributed by atoms with Crippen LogP contribution in [0, 0.1) is 0 Å². The average molecular weight is 962 g/mol. The number of anilines is 1. The van der Waals surface area contributed by atoms with Crippen LogP contribution in [0.4, 0.5) is 11.4 Å². The van der Waals surface area contributed by atoms with Crippen LogP contribution < -0.4 is 124 Å². The van der Waals surface area contributed by atoms with Crippen LogP contribution in [0.3, 0.4) is 0 Å². The zero-order valence-electron chi connectivity index (χ0n) is 39.4. The van der Waals surface area contributed by atoms with Crippen LogP contribution in [0.25, 0.3) is 0 Å². The fourth-order valence-electron chi connectivity index (χ4n) is 8.17. The van der Waals surface area contributed by atoms with E-state index in [4.69, 9.17) is 0 Å². The molecule has 2 heterocycles. The molecule has 0 spiro atoms. The van der Waals surface area contributed by atoms with Gasteiger partial charge in [-0.25, -0.2) is 8.42 Å². The van der Waals surface area contributed by atoms with Gasteiger partial charge in [-0.15, -0.1) is 0 Å². The molecule has 0 aliphatic carbocycles. The quantitative estimate of drug-likeness (QED) is 0.0241. The molecule has 14 nitrogen and oxygen atoms in total. The van der Waals surface area contributed by atoms with Gasteiger partial charge in [0.1, 0.15) is 16.7 Å². The Morgan fingerprint density at radius 2 is 1.41 bits per heavy atom. The van der Waals surface area contributed by atoms with Crippen molar-refractivity contribution in [3.63, 3.8) is 0 Å². The van der Waals surface area contributed by atoms with E-state index in [9.17, 15) is 27.8 Å². The largest absolute Gasteiger partial charge is 1.00 e. The van der Waals surface area contributed by atoms with Crippen molar-refractivity contribution in [2.24, 2.45) is 0 Å². The van der Waals surface area contributed by atoms with Crippen molar-refractivity contribution in [2.45, 2.75) is 113 Å². The second-order valence-corrected chi connectivity index (χ2v) is 19.7. The monoisotopic (exact) mass is 961 g/mol. The van der Waals surface area contributed by atoms with Crippen LogP contribution >= 0.6 is 12.0 Å². The molecule has 63 heavy (non-hydrogen) atoms. The van der Waals surface area contributed by atoms with Crippen molar-refractivity contribution < 1.29 is 145 Å². The molecule has 0 fully saturated rings. The van der Waals surface area contributed by atoms with Gasteiger partial charge in [-0.05, 0) is 136 Å². The molecule has 4 rings (SSSR count). The molecule has 338 valence electrons. The zero-order chi connectivity index (χ0) is 44.8. The topological polar surface area (TPSA) is 170 Å². The molecular weight excluding hydrogens is 895 g/mol. The predicted octanol–water partition coefficient (Wildman–Crippen LogP) is -0.300. The van der Waals surface area contributed by atoms with Crippen LogP contribution in [0.2, 0.25) is 0 Å². The first kappa shape index (κ1) is 58.8. The smallest absolute Gasteiger partial charge is 0.744 e. The Labute approximate surface area is 466 Å². The van der Waals surface area contributed by atoms with Crippen LogP contribution in [0.1, 0.15) is 103 Å². The second-order valence-electron chi connectivity index (χ2n) is 17.5. The molecule has 2 aliphatic rings. The van der Waals surface area contributed by atoms with Crippen molar-refractivity contribution in [3.05, 3.63) is 71.5 Å². The fourth-order valence-corrected chi connectivity index (χ4v) is 9.06. The van der Waals surface area contributed by atoms with E-state index in [1.807, 2.05) is 66.3 Å². The maximum atomic E-state index is 12.5. The molecule has 18 heteroatoms. The number of unbranched alkanes of at least 4 members (excludes halogenated alkanes) is 4. The van der Waals surface area contributed by atoms with E-state index in [0.29, 0.717) is 32.5 Å². The van der Waals surface area contributed by atoms with Crippen molar-refractivity contribution in [1.29, 1.82) is 0 Å². The van der Waals surface area contributed by atoms with E-state index in [0.717, 1.165) is 122 Å². The summed E-state index contributed by atoms with van der Waals surface area (Å²) in [5.74, 6) is 0.135. The van der Waals surface area contributed by atoms with Crippen LogP contribution in [-0.4, -0.2) is 112 Å². The number of nitrogens with zero attached hydrogens (tertiary/aromatic N) is 4. The number of amides is 2. The third kappa shape index (κ3) is 17.6. The maximum Gasteiger partial charge on any atom is 1.00 e. The van der Waals surface area contributed by atoms with Gasteiger partial charge >= 0.3 is 103 Å². The maximum absolute atomic E-state index is 12.5. The number of fused-ring (bicyclic) bond motifs is 2. The minimum absolute atomic E-state index is 0. The number of allylic oxidation sites excluding steroid dienone is 4. The first-order chi connectivity index (χ1) is 28.9. The summed E-state index contributed by atoms with van der Waals surface area (Å²) in [6.45, 7) is 13.0. The minimum Gasteiger partial charge on any atom is -0.744 e. The molecule has 0 saturated carbocycles. The number of rotatable bonds is 26. The van der Waals surface area contributed by atoms with Gasteiger partial charge in [-0.3, -0.25) is 14.6 Å². The predicted molar refractivity (Wildman–Crippen MR) is 239 cm³/mol. The first-order valence-corrected chi connectivity index (χ1v) is 23.5. The Balaban J connectivity index is 0.00000683. The van der Waals surface area contributed by atoms with Crippen molar-refractivity contribution >= 4 is 51.1 Å². The summed E-state index contributed by atoms with van der Waals surface area (Å²) in [6, 6.07) is 10.6. The Kier molecular flexibility index (Phi) is 26.3. The molecule has 0 bridgehead atoms. The van der Waals surface area contributed by atoms with E-state index in [-0.39, 0.29) is 119 Å². The summed E-state index contributed by atoms with van der Waals surface area (Å²) in [5, 5.41) is 20.3. The summed E-state index contributed by atoms with van der Waals surface area (Å²) >= 11 is 0.857. The van der Waals surface area contributed by atoms with E-state index in [2.05, 4.69) is 65.3 Å². The van der Waals surface area contributed by atoms with Crippen molar-refractivity contribution in [3.8, 4) is 0 Å². The third-order valence-corrected chi connectivity index (χ3v) is 12.9. The van der Waals surface area contributed by atoms with Crippen LogP contribution in [-0.2, 0) is 39.9 Å². The molecule has 2 amide bonds. The van der Waals surface area contributed by atoms with Gasteiger partial charge < -0.3 is 35.1 Å². The fraction of sp³-hybridized carbons (Fsp3) is 0.578. The summed E-state index contributed by atoms with van der Waals surface area (Å²) in [6.07, 6.45) is 13.9. The summed E-state index contributed by atoms with van der Waals surface area (Å²) in [4.78, 5) is 31.8. The van der Waals surface area contributed by atoms with Crippen molar-refractivity contribution in [1.82, 2.24) is 20.4 Å². The molecule has 0 radical (unpaired) electrons. The first-order valence-electron chi connectivity index (χ1n) is 21.4. The van der Waals surface area contributed by atoms with Crippen LogP contribution in [0.15, 0.2) is 70.1 Å². The SMILES string of the molecule is CN(C)CCCNC(=O)CCCCCN1/C(=C\C=C\C2=[N+](CCCCCC(=O)NCCCN(C)C)c3ccc(SOO[O-])cc3C2(C)C)C(C)(C)c2cc(S(=O)(=O)[O-])ccc21.[K+].[K+]. The van der Waals surface area contributed by atoms with Gasteiger partial charge in [-0.1, -0.05) is 26.3 Å². The Bertz CT molecular complexity index is 2030. The van der Waals surface area contributed by atoms with E-state index in [1.54, 1.807) is 6.07 Å². The number of nitrogens with one attached hydrogen (secondary N) is 2.